The lowest BCUT2D eigenvalue weighted by Crippen LogP contribution is -2.04. The number of alkyl halides is 2. The molecule has 0 atom stereocenters. The zero-order valence-electron chi connectivity index (χ0n) is 15.3. The minimum absolute atomic E-state index is 0.0410. The highest BCUT2D eigenvalue weighted by Gasteiger charge is 2.17. The Labute approximate surface area is 166 Å². The fourth-order valence-corrected chi connectivity index (χ4v) is 3.05. The molecule has 1 aromatic carbocycles. The molecule has 0 saturated heterocycles. The molecule has 0 saturated carbocycles. The number of halogens is 5. The third kappa shape index (κ3) is 3.76. The van der Waals surface area contributed by atoms with Crippen LogP contribution in [-0.2, 0) is 0 Å². The first-order chi connectivity index (χ1) is 14.3. The average Bonchev–Trinajstić information content (AvgIpc) is 3.00. The molecule has 0 spiro atoms. The predicted molar refractivity (Wildman–Crippen MR) is 99.4 cm³/mol. The minimum atomic E-state index is -3.14. The van der Waals surface area contributed by atoms with Crippen molar-refractivity contribution in [2.24, 2.45) is 0 Å². The van der Waals surface area contributed by atoms with Crippen molar-refractivity contribution < 1.29 is 26.7 Å². The van der Waals surface area contributed by atoms with Crippen molar-refractivity contribution in [2.45, 2.75) is 13.5 Å². The summed E-state index contributed by atoms with van der Waals surface area (Å²) in [6, 6.07) is 9.00. The summed E-state index contributed by atoms with van der Waals surface area (Å²) in [6.07, 6.45) is 1.10. The first-order valence-electron chi connectivity index (χ1n) is 8.64. The second kappa shape index (κ2) is 7.62. The number of aryl methyl sites for hydroxylation is 1. The monoisotopic (exact) mass is 420 g/mol. The maximum atomic E-state index is 14.0. The summed E-state index contributed by atoms with van der Waals surface area (Å²) in [5, 5.41) is 2.85. The van der Waals surface area contributed by atoms with Gasteiger partial charge in [-0.1, -0.05) is 6.07 Å². The van der Waals surface area contributed by atoms with E-state index in [2.05, 4.69) is 20.0 Å². The third-order valence-electron chi connectivity index (χ3n) is 4.23. The first-order valence-corrected chi connectivity index (χ1v) is 8.64. The van der Waals surface area contributed by atoms with Crippen LogP contribution in [0.3, 0.4) is 0 Å². The van der Waals surface area contributed by atoms with Crippen LogP contribution < -0.4 is 10.1 Å². The standard InChI is InChI=1S/C20H13F5N4O/c1-10-18(29-9-11(21)7-14(23)19(29)26-10)15-3-2-4-17(28-15)27-12-5-6-16(13(22)8-12)30-20(24)25/h2-9,20H,1H3,(H,27,28). The number of nitrogens with one attached hydrogen (secondary N) is 1. The van der Waals surface area contributed by atoms with Crippen LogP contribution in [0.1, 0.15) is 5.69 Å². The Bertz CT molecular complexity index is 1240. The van der Waals surface area contributed by atoms with E-state index in [9.17, 15) is 22.0 Å². The predicted octanol–water partition coefficient (Wildman–Crippen LogP) is 5.47. The van der Waals surface area contributed by atoms with Crippen LogP contribution in [0.15, 0.2) is 48.7 Å². The van der Waals surface area contributed by atoms with Crippen molar-refractivity contribution in [1.29, 1.82) is 0 Å². The summed E-state index contributed by atoms with van der Waals surface area (Å²) in [5.41, 5.74) is 1.39. The van der Waals surface area contributed by atoms with Crippen molar-refractivity contribution in [1.82, 2.24) is 14.4 Å². The van der Waals surface area contributed by atoms with Gasteiger partial charge in [-0.2, -0.15) is 8.78 Å². The molecule has 4 aromatic rings. The molecule has 5 nitrogen and oxygen atoms in total. The normalized spacial score (nSPS) is 11.3. The van der Waals surface area contributed by atoms with E-state index in [1.807, 2.05) is 0 Å². The Morgan fingerprint density at radius 1 is 1.00 bits per heavy atom. The van der Waals surface area contributed by atoms with Crippen LogP contribution >= 0.6 is 0 Å². The number of rotatable bonds is 5. The third-order valence-corrected chi connectivity index (χ3v) is 4.23. The molecule has 0 bridgehead atoms. The van der Waals surface area contributed by atoms with Crippen molar-refractivity contribution in [2.75, 3.05) is 5.32 Å². The van der Waals surface area contributed by atoms with Gasteiger partial charge in [0.15, 0.2) is 23.0 Å². The number of nitrogens with zero attached hydrogens (tertiary/aromatic N) is 3. The first kappa shape index (κ1) is 19.6. The van der Waals surface area contributed by atoms with Gasteiger partial charge in [0.2, 0.25) is 0 Å². The average molecular weight is 420 g/mol. The van der Waals surface area contributed by atoms with Crippen molar-refractivity contribution in [3.8, 4) is 17.1 Å². The molecule has 0 aliphatic carbocycles. The van der Waals surface area contributed by atoms with Crippen LogP contribution in [0.25, 0.3) is 17.0 Å². The van der Waals surface area contributed by atoms with Gasteiger partial charge < -0.3 is 10.1 Å². The summed E-state index contributed by atoms with van der Waals surface area (Å²) in [5.74, 6) is -2.84. The fraction of sp³-hybridized carbons (Fsp3) is 0.100. The molecule has 10 heteroatoms. The quantitative estimate of drug-likeness (QED) is 0.435. The number of anilines is 2. The summed E-state index contributed by atoms with van der Waals surface area (Å²) in [4.78, 5) is 8.52. The van der Waals surface area contributed by atoms with Crippen molar-refractivity contribution >= 4 is 17.2 Å². The topological polar surface area (TPSA) is 51.5 Å². The zero-order chi connectivity index (χ0) is 21.4. The highest BCUT2D eigenvalue weighted by atomic mass is 19.3. The van der Waals surface area contributed by atoms with Gasteiger partial charge in [-0.3, -0.25) is 4.40 Å². The van der Waals surface area contributed by atoms with E-state index in [4.69, 9.17) is 0 Å². The van der Waals surface area contributed by atoms with E-state index in [1.165, 1.54) is 10.5 Å². The van der Waals surface area contributed by atoms with E-state index in [-0.39, 0.29) is 11.3 Å². The van der Waals surface area contributed by atoms with Crippen LogP contribution in [0.2, 0.25) is 0 Å². The number of pyridine rings is 2. The lowest BCUT2D eigenvalue weighted by Gasteiger charge is -2.10. The molecular formula is C20H13F5N4O. The Balaban J connectivity index is 1.68. The van der Waals surface area contributed by atoms with Crippen LogP contribution in [-0.4, -0.2) is 21.0 Å². The van der Waals surface area contributed by atoms with E-state index in [0.29, 0.717) is 22.9 Å². The molecule has 4 rings (SSSR count). The number of ether oxygens (including phenoxy) is 1. The van der Waals surface area contributed by atoms with Gasteiger partial charge in [0.05, 0.1) is 17.1 Å². The van der Waals surface area contributed by atoms with Crippen LogP contribution in [0.4, 0.5) is 33.5 Å². The number of hydrogen-bond donors (Lipinski definition) is 1. The van der Waals surface area contributed by atoms with Gasteiger partial charge in [-0.15, -0.1) is 0 Å². The number of hydrogen-bond acceptors (Lipinski definition) is 4. The molecule has 0 fully saturated rings. The second-order valence-corrected chi connectivity index (χ2v) is 6.30. The SMILES string of the molecule is Cc1nc2c(F)cc(F)cn2c1-c1cccc(Nc2ccc(OC(F)F)c(F)c2)n1. The second-order valence-electron chi connectivity index (χ2n) is 6.30. The summed E-state index contributed by atoms with van der Waals surface area (Å²) in [6.45, 7) is -1.50. The Hall–Kier alpha value is -3.69. The number of aromatic nitrogens is 3. The van der Waals surface area contributed by atoms with Gasteiger partial charge >= 0.3 is 6.61 Å². The molecule has 1 N–H and O–H groups in total. The van der Waals surface area contributed by atoms with Crippen LogP contribution in [0.5, 0.6) is 5.75 Å². The molecule has 0 aliphatic heterocycles. The molecule has 0 amide bonds. The van der Waals surface area contributed by atoms with E-state index in [1.54, 1.807) is 25.1 Å². The highest BCUT2D eigenvalue weighted by Crippen LogP contribution is 2.28. The molecule has 0 radical (unpaired) electrons. The fourth-order valence-electron chi connectivity index (χ4n) is 3.05. The maximum Gasteiger partial charge on any atom is 0.387 e. The molecule has 30 heavy (non-hydrogen) atoms. The van der Waals surface area contributed by atoms with Gasteiger partial charge in [-0.05, 0) is 31.2 Å². The minimum Gasteiger partial charge on any atom is -0.432 e. The van der Waals surface area contributed by atoms with Crippen molar-refractivity contribution in [3.05, 3.63) is 71.8 Å². The molecule has 3 aromatic heterocycles. The number of fused-ring (bicyclic) bond motifs is 1. The number of imidazole rings is 1. The Morgan fingerprint density at radius 2 is 1.80 bits per heavy atom. The van der Waals surface area contributed by atoms with E-state index in [0.717, 1.165) is 24.4 Å². The smallest absolute Gasteiger partial charge is 0.387 e. The molecule has 3 heterocycles. The Kier molecular flexibility index (Phi) is 4.98. The van der Waals surface area contributed by atoms with Crippen molar-refractivity contribution in [3.63, 3.8) is 0 Å². The highest BCUT2D eigenvalue weighted by molar-refractivity contribution is 5.67. The summed E-state index contributed by atoms with van der Waals surface area (Å²) in [7, 11) is 0. The van der Waals surface area contributed by atoms with E-state index >= 15 is 0 Å². The molecule has 0 aliphatic rings. The summed E-state index contributed by atoms with van der Waals surface area (Å²) >= 11 is 0. The lowest BCUT2D eigenvalue weighted by atomic mass is 10.2. The molecule has 0 unspecified atom stereocenters. The lowest BCUT2D eigenvalue weighted by molar-refractivity contribution is -0.0521. The van der Waals surface area contributed by atoms with Gasteiger partial charge in [0.25, 0.3) is 0 Å². The molecule has 154 valence electrons. The van der Waals surface area contributed by atoms with Crippen LogP contribution in [0, 0.1) is 24.4 Å². The maximum absolute atomic E-state index is 14.0. The van der Waals surface area contributed by atoms with Gasteiger partial charge in [0.1, 0.15) is 11.6 Å². The molecular weight excluding hydrogens is 407 g/mol. The van der Waals surface area contributed by atoms with E-state index < -0.39 is 29.8 Å². The number of benzene rings is 1. The zero-order valence-corrected chi connectivity index (χ0v) is 15.3. The Morgan fingerprint density at radius 3 is 2.53 bits per heavy atom. The van der Waals surface area contributed by atoms with Gasteiger partial charge in [0, 0.05) is 24.0 Å². The largest absolute Gasteiger partial charge is 0.432 e. The van der Waals surface area contributed by atoms with Gasteiger partial charge in [-0.25, -0.2) is 23.1 Å². The summed E-state index contributed by atoms with van der Waals surface area (Å²) < 4.78 is 71.5.